The predicted molar refractivity (Wildman–Crippen MR) is 77.0 cm³/mol. The van der Waals surface area contributed by atoms with Crippen molar-refractivity contribution in [1.29, 1.82) is 0 Å². The van der Waals surface area contributed by atoms with Crippen LogP contribution >= 0.6 is 0 Å². The van der Waals surface area contributed by atoms with Gasteiger partial charge in [0.1, 0.15) is 6.33 Å². The molecule has 2 amide bonds. The van der Waals surface area contributed by atoms with Crippen molar-refractivity contribution in [2.45, 2.75) is 32.9 Å². The second-order valence-corrected chi connectivity index (χ2v) is 5.05. The molecule has 0 aromatic carbocycles. The van der Waals surface area contributed by atoms with Gasteiger partial charge in [0.2, 0.25) is 11.8 Å². The molecule has 1 aliphatic rings. The van der Waals surface area contributed by atoms with Gasteiger partial charge in [-0.25, -0.2) is 0 Å². The van der Waals surface area contributed by atoms with Crippen LogP contribution in [0.1, 0.15) is 25.6 Å². The fourth-order valence-electron chi connectivity index (χ4n) is 2.48. The number of hydrogen-bond donors (Lipinski definition) is 1. The van der Waals surface area contributed by atoms with Crippen molar-refractivity contribution in [1.82, 2.24) is 25.0 Å². The van der Waals surface area contributed by atoms with Crippen LogP contribution in [0.3, 0.4) is 0 Å². The molecule has 0 atom stereocenters. The van der Waals surface area contributed by atoms with Gasteiger partial charge in [0.25, 0.3) is 0 Å². The summed E-state index contributed by atoms with van der Waals surface area (Å²) in [5.74, 6) is 0.665. The number of nitrogens with zero attached hydrogens (tertiary/aromatic N) is 4. The standard InChI is InChI=1S/C14H21N5O2/c1-3-13(20)19-7-5-11(6-8-19)14(21)15-9-12-17-16-10-18(12)4-2/h3,10-11H,1,4-9H2,2H3,(H,15,21). The molecule has 1 saturated heterocycles. The van der Waals surface area contributed by atoms with E-state index >= 15 is 0 Å². The van der Waals surface area contributed by atoms with E-state index < -0.39 is 0 Å². The summed E-state index contributed by atoms with van der Waals surface area (Å²) in [6.45, 7) is 7.86. The lowest BCUT2D eigenvalue weighted by molar-refractivity contribution is -0.132. The summed E-state index contributed by atoms with van der Waals surface area (Å²) in [6.07, 6.45) is 4.34. The van der Waals surface area contributed by atoms with Crippen LogP contribution in [0.2, 0.25) is 0 Å². The predicted octanol–water partition coefficient (Wildman–Crippen LogP) is 0.339. The topological polar surface area (TPSA) is 80.1 Å². The van der Waals surface area contributed by atoms with E-state index in [1.807, 2.05) is 11.5 Å². The summed E-state index contributed by atoms with van der Waals surface area (Å²) >= 11 is 0. The van der Waals surface area contributed by atoms with Crippen molar-refractivity contribution >= 4 is 11.8 Å². The first-order valence-corrected chi connectivity index (χ1v) is 7.21. The number of amides is 2. The van der Waals surface area contributed by atoms with E-state index in [1.165, 1.54) is 6.08 Å². The lowest BCUT2D eigenvalue weighted by atomic mass is 9.96. The second kappa shape index (κ2) is 7.01. The number of likely N-dealkylation sites (tertiary alicyclic amines) is 1. The maximum Gasteiger partial charge on any atom is 0.245 e. The van der Waals surface area contributed by atoms with E-state index in [0.717, 1.165) is 12.4 Å². The molecule has 114 valence electrons. The zero-order chi connectivity index (χ0) is 15.2. The van der Waals surface area contributed by atoms with Crippen LogP contribution in [0.5, 0.6) is 0 Å². The van der Waals surface area contributed by atoms with Gasteiger partial charge in [0, 0.05) is 25.6 Å². The summed E-state index contributed by atoms with van der Waals surface area (Å²) in [7, 11) is 0. The first kappa shape index (κ1) is 15.2. The molecule has 2 heterocycles. The quantitative estimate of drug-likeness (QED) is 0.793. The average Bonchev–Trinajstić information content (AvgIpc) is 2.99. The minimum atomic E-state index is -0.0649. The van der Waals surface area contributed by atoms with E-state index in [-0.39, 0.29) is 17.7 Å². The highest BCUT2D eigenvalue weighted by atomic mass is 16.2. The Labute approximate surface area is 124 Å². The van der Waals surface area contributed by atoms with Crippen LogP contribution in [-0.4, -0.2) is 44.6 Å². The van der Waals surface area contributed by atoms with E-state index in [9.17, 15) is 9.59 Å². The van der Waals surface area contributed by atoms with Gasteiger partial charge >= 0.3 is 0 Å². The third-order valence-corrected chi connectivity index (χ3v) is 3.81. The zero-order valence-corrected chi connectivity index (χ0v) is 12.3. The highest BCUT2D eigenvalue weighted by Gasteiger charge is 2.26. The molecule has 21 heavy (non-hydrogen) atoms. The van der Waals surface area contributed by atoms with Crippen molar-refractivity contribution in [2.24, 2.45) is 5.92 Å². The Morgan fingerprint density at radius 3 is 2.81 bits per heavy atom. The number of carbonyl (C=O) groups is 2. The van der Waals surface area contributed by atoms with Crippen LogP contribution < -0.4 is 5.32 Å². The van der Waals surface area contributed by atoms with E-state index in [1.54, 1.807) is 11.2 Å². The maximum absolute atomic E-state index is 12.1. The first-order valence-electron chi connectivity index (χ1n) is 7.21. The Bertz CT molecular complexity index is 517. The molecule has 0 spiro atoms. The minimum absolute atomic E-state index is 0.0198. The van der Waals surface area contributed by atoms with Gasteiger partial charge in [-0.3, -0.25) is 9.59 Å². The van der Waals surface area contributed by atoms with Gasteiger partial charge in [-0.2, -0.15) is 0 Å². The maximum atomic E-state index is 12.1. The minimum Gasteiger partial charge on any atom is -0.349 e. The SMILES string of the molecule is C=CC(=O)N1CCC(C(=O)NCc2nncn2CC)CC1. The van der Waals surface area contributed by atoms with Gasteiger partial charge in [-0.05, 0) is 25.8 Å². The van der Waals surface area contributed by atoms with Crippen molar-refractivity contribution in [3.63, 3.8) is 0 Å². The average molecular weight is 291 g/mol. The summed E-state index contributed by atoms with van der Waals surface area (Å²) < 4.78 is 1.89. The van der Waals surface area contributed by atoms with Gasteiger partial charge in [-0.15, -0.1) is 10.2 Å². The molecule has 0 bridgehead atoms. The van der Waals surface area contributed by atoms with E-state index in [2.05, 4.69) is 22.1 Å². The fraction of sp³-hybridized carbons (Fsp3) is 0.571. The largest absolute Gasteiger partial charge is 0.349 e. The summed E-state index contributed by atoms with van der Waals surface area (Å²) in [6, 6.07) is 0. The summed E-state index contributed by atoms with van der Waals surface area (Å²) in [5, 5.41) is 10.7. The number of carbonyl (C=O) groups excluding carboxylic acids is 2. The summed E-state index contributed by atoms with van der Waals surface area (Å²) in [4.78, 5) is 25.4. The molecular formula is C14H21N5O2. The first-order chi connectivity index (χ1) is 10.2. The smallest absolute Gasteiger partial charge is 0.245 e. The number of aryl methyl sites for hydroxylation is 1. The van der Waals surface area contributed by atoms with Crippen LogP contribution in [-0.2, 0) is 22.7 Å². The van der Waals surface area contributed by atoms with Crippen molar-refractivity contribution in [2.75, 3.05) is 13.1 Å². The number of nitrogens with one attached hydrogen (secondary N) is 1. The molecule has 1 aliphatic heterocycles. The molecule has 0 unspecified atom stereocenters. The Morgan fingerprint density at radius 1 is 1.48 bits per heavy atom. The molecule has 1 N–H and O–H groups in total. The molecule has 1 aromatic heterocycles. The second-order valence-electron chi connectivity index (χ2n) is 5.05. The lowest BCUT2D eigenvalue weighted by Gasteiger charge is -2.30. The highest BCUT2D eigenvalue weighted by molar-refractivity contribution is 5.87. The Kier molecular flexibility index (Phi) is 5.08. The van der Waals surface area contributed by atoms with Crippen molar-refractivity contribution < 1.29 is 9.59 Å². The number of hydrogen-bond acceptors (Lipinski definition) is 4. The molecule has 0 aliphatic carbocycles. The van der Waals surface area contributed by atoms with Gasteiger partial charge < -0.3 is 14.8 Å². The molecule has 1 aromatic rings. The molecule has 7 heteroatoms. The highest BCUT2D eigenvalue weighted by Crippen LogP contribution is 2.17. The lowest BCUT2D eigenvalue weighted by Crippen LogP contribution is -2.42. The monoisotopic (exact) mass is 291 g/mol. The molecule has 0 radical (unpaired) electrons. The van der Waals surface area contributed by atoms with Crippen LogP contribution in [0.15, 0.2) is 19.0 Å². The third-order valence-electron chi connectivity index (χ3n) is 3.81. The summed E-state index contributed by atoms with van der Waals surface area (Å²) in [5.41, 5.74) is 0. The van der Waals surface area contributed by atoms with E-state index in [0.29, 0.717) is 32.5 Å². The van der Waals surface area contributed by atoms with Gasteiger partial charge in [0.15, 0.2) is 5.82 Å². The normalized spacial score (nSPS) is 15.8. The van der Waals surface area contributed by atoms with Crippen LogP contribution in [0, 0.1) is 5.92 Å². The molecule has 0 saturated carbocycles. The van der Waals surface area contributed by atoms with Crippen LogP contribution in [0.4, 0.5) is 0 Å². The zero-order valence-electron chi connectivity index (χ0n) is 12.3. The molecule has 7 nitrogen and oxygen atoms in total. The third kappa shape index (κ3) is 3.68. The fourth-order valence-corrected chi connectivity index (χ4v) is 2.48. The van der Waals surface area contributed by atoms with E-state index in [4.69, 9.17) is 0 Å². The van der Waals surface area contributed by atoms with Crippen molar-refractivity contribution in [3.8, 4) is 0 Å². The molecule has 1 fully saturated rings. The van der Waals surface area contributed by atoms with Gasteiger partial charge in [0.05, 0.1) is 6.54 Å². The van der Waals surface area contributed by atoms with Crippen LogP contribution in [0.25, 0.3) is 0 Å². The number of aromatic nitrogens is 3. The van der Waals surface area contributed by atoms with Crippen molar-refractivity contribution in [3.05, 3.63) is 24.8 Å². The molecular weight excluding hydrogens is 270 g/mol. The number of piperidine rings is 1. The molecule has 2 rings (SSSR count). The Hall–Kier alpha value is -2.18. The Morgan fingerprint density at radius 2 is 2.19 bits per heavy atom. The van der Waals surface area contributed by atoms with Gasteiger partial charge in [-0.1, -0.05) is 6.58 Å². The Balaban J connectivity index is 1.80. The number of rotatable bonds is 5.